The van der Waals surface area contributed by atoms with E-state index < -0.39 is 24.9 Å². The number of rotatable bonds is 18. The molecule has 1 N–H and O–H groups in total. The number of carboxylic acids is 1. The molecule has 0 fully saturated rings. The van der Waals surface area contributed by atoms with Crippen LogP contribution in [0.3, 0.4) is 0 Å². The van der Waals surface area contributed by atoms with Crippen LogP contribution < -0.4 is 28.4 Å². The van der Waals surface area contributed by atoms with Crippen LogP contribution in [0.4, 0.5) is 0 Å². The largest absolute Gasteiger partial charge is 0.487 e. The molecule has 6 aliphatic rings. The molecule has 790 valence electrons. The number of aliphatic carboxylic acids is 1. The van der Waals surface area contributed by atoms with Gasteiger partial charge in [0, 0.05) is 76.9 Å². The Kier molecular flexibility index (Phi) is 42.6. The van der Waals surface area contributed by atoms with Crippen molar-refractivity contribution in [1.82, 2.24) is 0 Å². The number of terminal acetylenes is 2. The van der Waals surface area contributed by atoms with Gasteiger partial charge in [0.2, 0.25) is 0 Å². The molecule has 8 aromatic carbocycles. The number of hydrogen-bond donors (Lipinski definition) is 1. The summed E-state index contributed by atoms with van der Waals surface area (Å²) < 4.78 is 47.9. The van der Waals surface area contributed by atoms with Gasteiger partial charge in [-0.1, -0.05) is 319 Å². The highest BCUT2D eigenvalue weighted by Gasteiger charge is 2.50. The second kappa shape index (κ2) is 49.7. The van der Waals surface area contributed by atoms with Crippen molar-refractivity contribution in [2.24, 2.45) is 0 Å². The number of carbonyl (C=O) groups is 4. The molecule has 0 aliphatic carbocycles. The molecular weight excluding hydrogens is 2190 g/mol. The molecule has 6 aliphatic heterocycles. The second-order valence-corrected chi connectivity index (χ2v) is 57.3. The third-order valence-electron chi connectivity index (χ3n) is 30.9. The molecular formula is C127H171Br4IO12Si. The Hall–Kier alpha value is -7.61. The quantitative estimate of drug-likeness (QED) is 0.0217. The van der Waals surface area contributed by atoms with Gasteiger partial charge in [-0.3, -0.25) is 19.2 Å². The average molecular weight is 2360 g/mol. The fourth-order valence-electron chi connectivity index (χ4n) is 21.0. The number of hydrogen-bond acceptors (Lipinski definition) is 11. The van der Waals surface area contributed by atoms with E-state index in [1.54, 1.807) is 20.8 Å². The molecule has 18 heteroatoms. The Morgan fingerprint density at radius 2 is 0.724 bits per heavy atom. The molecule has 14 rings (SSSR count). The molecule has 8 aromatic rings. The summed E-state index contributed by atoms with van der Waals surface area (Å²) in [5, 5.41) is 9.45. The van der Waals surface area contributed by atoms with Crippen molar-refractivity contribution < 1.29 is 57.4 Å². The lowest BCUT2D eigenvalue weighted by Crippen LogP contribution is -2.45. The fraction of sp³-hybridized carbons (Fsp3) is 0.543. The Morgan fingerprint density at radius 3 is 1.09 bits per heavy atom. The van der Waals surface area contributed by atoms with E-state index in [4.69, 9.17) is 46.0 Å². The van der Waals surface area contributed by atoms with Crippen LogP contribution in [0.25, 0.3) is 0 Å². The van der Waals surface area contributed by atoms with Gasteiger partial charge in [0.25, 0.3) is 0 Å². The molecule has 0 unspecified atom stereocenters. The maximum atomic E-state index is 12.0. The van der Waals surface area contributed by atoms with E-state index >= 15 is 0 Å². The van der Waals surface area contributed by atoms with Crippen molar-refractivity contribution in [2.45, 2.75) is 440 Å². The number of methoxy groups -OCH3 is 1. The Morgan fingerprint density at radius 1 is 0.414 bits per heavy atom. The minimum absolute atomic E-state index is 0.00496. The summed E-state index contributed by atoms with van der Waals surface area (Å²) in [6.45, 7) is 77.9. The molecule has 0 radical (unpaired) electrons. The monoisotopic (exact) mass is 2360 g/mol. The lowest BCUT2D eigenvalue weighted by atomic mass is 9.69. The molecule has 12 nitrogen and oxygen atoms in total. The number of Topliss-reactive ketones (excluding diaryl/α,β-unsaturated/α-hetero) is 1. The average Bonchev–Trinajstić information content (AvgIpc) is 0.742. The summed E-state index contributed by atoms with van der Waals surface area (Å²) >= 11 is 16.4. The lowest BCUT2D eigenvalue weighted by molar-refractivity contribution is -0.146. The minimum atomic E-state index is -1.10. The fourth-order valence-corrected chi connectivity index (χ4v) is 23.0. The summed E-state index contributed by atoms with van der Waals surface area (Å²) in [7, 11) is 0.310. The maximum absolute atomic E-state index is 12.0. The number of fused-ring (bicyclic) bond motifs is 6. The molecule has 6 heterocycles. The normalized spacial score (nSPS) is 17.5. The minimum Gasteiger partial charge on any atom is -0.487 e. The van der Waals surface area contributed by atoms with Crippen molar-refractivity contribution >= 4 is 118 Å². The zero-order valence-corrected chi connectivity index (χ0v) is 104. The topological polar surface area (TPSA) is 153 Å². The van der Waals surface area contributed by atoms with Crippen LogP contribution in [-0.2, 0) is 62.4 Å². The third-order valence-corrected chi connectivity index (χ3v) is 34.4. The maximum Gasteiger partial charge on any atom is 0.315 e. The number of carboxylic acid groups (broad SMARTS) is 1. The van der Waals surface area contributed by atoms with Gasteiger partial charge in [0.05, 0.1) is 29.9 Å². The first kappa shape index (κ1) is 124. The first-order valence-corrected chi connectivity index (χ1v) is 60.3. The van der Waals surface area contributed by atoms with E-state index in [0.717, 1.165) is 185 Å². The molecule has 0 spiro atoms. The predicted molar refractivity (Wildman–Crippen MR) is 630 cm³/mol. The van der Waals surface area contributed by atoms with Crippen LogP contribution in [0.15, 0.2) is 151 Å². The number of ketones is 1. The summed E-state index contributed by atoms with van der Waals surface area (Å²) in [4.78, 5) is 46.3. The summed E-state index contributed by atoms with van der Waals surface area (Å²) in [5.74, 6) is 15.3. The van der Waals surface area contributed by atoms with Gasteiger partial charge >= 0.3 is 17.9 Å². The van der Waals surface area contributed by atoms with Gasteiger partial charge in [-0.15, -0.1) is 18.4 Å². The number of halogens is 5. The Labute approximate surface area is 923 Å². The van der Waals surface area contributed by atoms with Crippen LogP contribution >= 0.6 is 86.3 Å². The third kappa shape index (κ3) is 30.5. The van der Waals surface area contributed by atoms with Crippen LogP contribution in [0.1, 0.15) is 437 Å². The van der Waals surface area contributed by atoms with Crippen LogP contribution in [0.5, 0.6) is 34.5 Å². The Bertz CT molecular complexity index is 6010. The van der Waals surface area contributed by atoms with Gasteiger partial charge in [0.15, 0.2) is 5.78 Å². The van der Waals surface area contributed by atoms with Crippen molar-refractivity contribution in [3.63, 3.8) is 0 Å². The number of benzene rings is 8. The zero-order chi connectivity index (χ0) is 110. The lowest BCUT2D eigenvalue weighted by Gasteiger charge is -2.46. The molecule has 0 atom stereocenters. The second-order valence-electron chi connectivity index (χ2n) is 47.6. The number of esters is 2. The van der Waals surface area contributed by atoms with E-state index in [2.05, 4.69) is 384 Å². The van der Waals surface area contributed by atoms with Gasteiger partial charge in [0.1, 0.15) is 70.6 Å². The van der Waals surface area contributed by atoms with E-state index in [-0.39, 0.29) is 78.2 Å². The van der Waals surface area contributed by atoms with Gasteiger partial charge in [-0.25, -0.2) is 0 Å². The van der Waals surface area contributed by atoms with E-state index in [9.17, 15) is 24.3 Å². The first-order valence-electron chi connectivity index (χ1n) is 52.5. The Balaban J connectivity index is 0.000000231. The highest BCUT2D eigenvalue weighted by Crippen LogP contribution is 2.57. The molecule has 0 saturated carbocycles. The highest BCUT2D eigenvalue weighted by molar-refractivity contribution is 14.1. The molecule has 0 amide bonds. The summed E-state index contributed by atoms with van der Waals surface area (Å²) in [5.41, 5.74) is 17.7. The van der Waals surface area contributed by atoms with Crippen LogP contribution in [-0.4, -0.2) is 72.0 Å². The first-order chi connectivity index (χ1) is 67.1. The van der Waals surface area contributed by atoms with Crippen LogP contribution in [0, 0.1) is 39.7 Å². The zero-order valence-electron chi connectivity index (χ0n) is 94.7. The van der Waals surface area contributed by atoms with Gasteiger partial charge in [-0.05, 0) is 335 Å². The van der Waals surface area contributed by atoms with Crippen LogP contribution in [0.2, 0.25) is 19.6 Å². The molecule has 0 aromatic heterocycles. The SMILES string of the molecule is C#C[Si](C)(C)C.C#Cc1cc(C(C)C)c2c(c1)C(C)(C)CC(CC)(CC)O2.CC1(C)CC(=O)Oc2ccc(Br)cc21.CCC1(CC)CC(C)(C)c2cc(Br)cc(C(C)=O)c2O1.CCC1(CC)CC(C)(C)c2cc(Br)cc(C(C)C)c2O1.CCC1(CC)CC(C)(C)c2cc(Br)ccc2O1.CCC1(CC)CC(C)(C)c2cc(C#Cc3ccc(C(C)(C)C(=O)O)cc3)cc(C(C)C)c2O1.COC(=O)C(C)(C)c1ccc(I)cc1. The predicted octanol–water partition coefficient (Wildman–Crippen LogP) is 36.4. The van der Waals surface area contributed by atoms with E-state index in [1.807, 2.05) is 86.6 Å². The summed E-state index contributed by atoms with van der Waals surface area (Å²) in [6.07, 6.45) is 26.7. The van der Waals surface area contributed by atoms with Gasteiger partial charge in [-0.2, -0.15) is 0 Å². The standard InChI is InChI=1S/C30H38O3.C20H28O.C18H27BrO.C17H23BrO2.C15H21BrO.C11H11BrO2.C11H13IO2.C5H10Si/c1-9-30(10-2)19-28(5,6)25-18-22(17-24(20(3)4)26(25)33-30)12-11-21-13-15-23(16-14-21)29(7,8)27(31)32;1-8-15-11-16(14(4)5)18-17(12-15)19(6,7)13-20(9-2,10-3)21-18;1-7-18(8-2)11-17(5,6)15-10-13(19)9-14(12(3)4)16(15)20-18;1-6-17(7-2)10-16(4,5)14-9-12(18)8-13(11(3)19)15(14)20-17;1-5-15(6-2)10-14(3,4)12-9-11(16)7-8-13(12)17-15;1-11(2)6-10(13)14-9-4-3-7(12)5-8(9)11;1-11(2,10(13)14-3)8-4-6-9(12)7-5-8;1-5-6(2,3)4/h13-18,20H,9-10,19H2,1-8H3,(H,31,32);1,11-12,14H,9-10,13H2,2-7H3;9-10,12H,7-8,11H2,1-6H3;8-9H,6-7,10H2,1-5H3;7-9H,5-6,10H2,1-4H3;3-5H,6H2,1-2H3;4-7H,1-3H3;1H,2-4H3. The molecule has 0 bridgehead atoms. The van der Waals surface area contributed by atoms with Crippen molar-refractivity contribution in [2.75, 3.05) is 7.11 Å². The van der Waals surface area contributed by atoms with E-state index in [1.165, 1.54) is 46.1 Å². The van der Waals surface area contributed by atoms with Crippen molar-refractivity contribution in [3.05, 3.63) is 238 Å². The van der Waals surface area contributed by atoms with Gasteiger partial charge < -0.3 is 38.3 Å². The number of ether oxygens (including phenoxy) is 7. The molecule has 145 heavy (non-hydrogen) atoms. The molecule has 0 saturated heterocycles. The summed E-state index contributed by atoms with van der Waals surface area (Å²) in [6, 6.07) is 44.6. The van der Waals surface area contributed by atoms with Crippen molar-refractivity contribution in [3.8, 4) is 70.6 Å². The van der Waals surface area contributed by atoms with E-state index in [0.29, 0.717) is 35.5 Å². The number of carbonyl (C=O) groups excluding carboxylic acids is 3. The smallest absolute Gasteiger partial charge is 0.315 e. The highest BCUT2D eigenvalue weighted by atomic mass is 127. The van der Waals surface area contributed by atoms with Crippen molar-refractivity contribution in [1.29, 1.82) is 0 Å².